The molecule has 2 N–H and O–H groups in total. The molecular weight excluding hydrogens is 502 g/mol. The Morgan fingerprint density at radius 1 is 1.00 bits per heavy atom. The number of hydrogen-bond acceptors (Lipinski definition) is 4. The number of amides is 3. The van der Waals surface area contributed by atoms with Crippen molar-refractivity contribution in [1.29, 1.82) is 0 Å². The first kappa shape index (κ1) is 31.2. The summed E-state index contributed by atoms with van der Waals surface area (Å²) in [7, 11) is 0. The van der Waals surface area contributed by atoms with Crippen molar-refractivity contribution in [1.82, 2.24) is 10.2 Å². The van der Waals surface area contributed by atoms with E-state index in [0.29, 0.717) is 22.7 Å². The zero-order valence-electron chi connectivity index (χ0n) is 24.3. The number of nitrogens with one attached hydrogen (secondary N) is 2. The van der Waals surface area contributed by atoms with Crippen molar-refractivity contribution in [2.24, 2.45) is 0 Å². The van der Waals surface area contributed by atoms with E-state index in [1.165, 1.54) is 0 Å². The predicted octanol–water partition coefficient (Wildman–Crippen LogP) is 6.88. The summed E-state index contributed by atoms with van der Waals surface area (Å²) < 4.78 is 5.36. The Hall–Kier alpha value is -3.06. The highest BCUT2D eigenvalue weighted by molar-refractivity contribution is 6.34. The van der Waals surface area contributed by atoms with E-state index in [4.69, 9.17) is 16.3 Å². The summed E-state index contributed by atoms with van der Waals surface area (Å²) in [4.78, 5) is 42.3. The molecule has 2 aromatic carbocycles. The van der Waals surface area contributed by atoms with Gasteiger partial charge in [0.15, 0.2) is 0 Å². The monoisotopic (exact) mass is 543 g/mol. The molecule has 0 aromatic heterocycles. The van der Waals surface area contributed by atoms with Gasteiger partial charge in [-0.25, -0.2) is 4.79 Å². The molecular formula is C30H42ClN3O4. The van der Waals surface area contributed by atoms with Crippen LogP contribution in [0.15, 0.2) is 36.4 Å². The topological polar surface area (TPSA) is 87.7 Å². The van der Waals surface area contributed by atoms with Gasteiger partial charge in [-0.3, -0.25) is 9.59 Å². The summed E-state index contributed by atoms with van der Waals surface area (Å²) in [5, 5.41) is 6.03. The molecule has 7 nitrogen and oxygen atoms in total. The summed E-state index contributed by atoms with van der Waals surface area (Å²) in [5.41, 5.74) is 2.44. The number of nitrogens with zero attached hydrogens (tertiary/aromatic N) is 1. The molecule has 0 aliphatic carbocycles. The maximum absolute atomic E-state index is 14.1. The van der Waals surface area contributed by atoms with E-state index in [9.17, 15) is 14.4 Å². The Labute approximate surface area is 232 Å². The predicted molar refractivity (Wildman–Crippen MR) is 154 cm³/mol. The van der Waals surface area contributed by atoms with Crippen molar-refractivity contribution in [2.75, 3.05) is 5.32 Å². The zero-order chi connectivity index (χ0) is 29.0. The summed E-state index contributed by atoms with van der Waals surface area (Å²) in [5.74, 6) is -0.802. The molecule has 2 unspecified atom stereocenters. The Balaban J connectivity index is 2.63. The van der Waals surface area contributed by atoms with Crippen molar-refractivity contribution < 1.29 is 19.1 Å². The number of hydrogen-bond donors (Lipinski definition) is 2. The molecule has 208 valence electrons. The molecule has 0 bridgehead atoms. The SMILES string of the molecule is CCC(C)(C)N(C(=O)C(C)NC(=O)OC(C)(C)C)C(C(=O)Nc1c(C)cccc1Cl)c1cc(C)cc(C)c1. The van der Waals surface area contributed by atoms with Crippen LogP contribution >= 0.6 is 11.6 Å². The van der Waals surface area contributed by atoms with E-state index < -0.39 is 41.1 Å². The summed E-state index contributed by atoms with van der Waals surface area (Å²) in [6.07, 6.45) is -0.135. The molecule has 2 rings (SSSR count). The normalized spacial score (nSPS) is 13.3. The fourth-order valence-corrected chi connectivity index (χ4v) is 4.54. The molecule has 0 aliphatic heterocycles. The molecule has 0 heterocycles. The molecule has 2 aromatic rings. The van der Waals surface area contributed by atoms with Crippen LogP contribution in [0.2, 0.25) is 5.02 Å². The number of halogens is 1. The van der Waals surface area contributed by atoms with Crippen LogP contribution in [0.1, 0.15) is 83.2 Å². The highest BCUT2D eigenvalue weighted by Gasteiger charge is 2.42. The molecule has 3 amide bonds. The van der Waals surface area contributed by atoms with Gasteiger partial charge in [-0.2, -0.15) is 0 Å². The second-order valence-corrected chi connectivity index (χ2v) is 11.9. The first-order valence-corrected chi connectivity index (χ1v) is 13.3. The summed E-state index contributed by atoms with van der Waals surface area (Å²) >= 11 is 6.44. The van der Waals surface area contributed by atoms with Crippen LogP contribution in [0.5, 0.6) is 0 Å². The second kappa shape index (κ2) is 12.2. The average Bonchev–Trinajstić information content (AvgIpc) is 2.77. The summed E-state index contributed by atoms with van der Waals surface area (Å²) in [6.45, 7) is 18.4. The van der Waals surface area contributed by atoms with Gasteiger partial charge in [0.05, 0.1) is 10.7 Å². The molecule has 0 fully saturated rings. The minimum Gasteiger partial charge on any atom is -0.444 e. The van der Waals surface area contributed by atoms with Crippen LogP contribution in [0.25, 0.3) is 0 Å². The lowest BCUT2D eigenvalue weighted by atomic mass is 9.91. The van der Waals surface area contributed by atoms with Crippen LogP contribution in [-0.2, 0) is 14.3 Å². The highest BCUT2D eigenvalue weighted by Crippen LogP contribution is 2.35. The van der Waals surface area contributed by atoms with Gasteiger partial charge in [0.1, 0.15) is 17.7 Å². The molecule has 0 saturated heterocycles. The van der Waals surface area contributed by atoms with Gasteiger partial charge in [0, 0.05) is 5.54 Å². The molecule has 2 atom stereocenters. The lowest BCUT2D eigenvalue weighted by Crippen LogP contribution is -2.58. The van der Waals surface area contributed by atoms with Crippen LogP contribution in [0, 0.1) is 20.8 Å². The lowest BCUT2D eigenvalue weighted by Gasteiger charge is -2.44. The quantitative estimate of drug-likeness (QED) is 0.380. The number of benzene rings is 2. The Kier molecular flexibility index (Phi) is 10.0. The van der Waals surface area contributed by atoms with Crippen molar-refractivity contribution in [2.45, 2.75) is 98.9 Å². The second-order valence-electron chi connectivity index (χ2n) is 11.5. The van der Waals surface area contributed by atoms with Crippen molar-refractivity contribution in [3.63, 3.8) is 0 Å². The Bertz CT molecular complexity index is 1150. The van der Waals surface area contributed by atoms with Crippen LogP contribution in [0.3, 0.4) is 0 Å². The van der Waals surface area contributed by atoms with E-state index >= 15 is 0 Å². The lowest BCUT2D eigenvalue weighted by molar-refractivity contribution is -0.147. The van der Waals surface area contributed by atoms with Crippen molar-refractivity contribution >= 4 is 35.2 Å². The molecule has 38 heavy (non-hydrogen) atoms. The number of ether oxygens (including phenoxy) is 1. The fraction of sp³-hybridized carbons (Fsp3) is 0.500. The van der Waals surface area contributed by atoms with Crippen molar-refractivity contribution in [3.05, 3.63) is 63.7 Å². The number of para-hydroxylation sites is 1. The number of rotatable bonds is 8. The molecule has 0 aliphatic rings. The van der Waals surface area contributed by atoms with E-state index in [1.807, 2.05) is 71.9 Å². The van der Waals surface area contributed by atoms with E-state index in [1.54, 1.807) is 38.7 Å². The third kappa shape index (κ3) is 7.97. The smallest absolute Gasteiger partial charge is 0.408 e. The third-order valence-electron chi connectivity index (χ3n) is 6.39. The first-order valence-electron chi connectivity index (χ1n) is 12.9. The first-order chi connectivity index (χ1) is 17.5. The largest absolute Gasteiger partial charge is 0.444 e. The molecule has 8 heteroatoms. The van der Waals surface area contributed by atoms with Gasteiger partial charge in [-0.15, -0.1) is 0 Å². The van der Waals surface area contributed by atoms with Gasteiger partial charge >= 0.3 is 6.09 Å². The van der Waals surface area contributed by atoms with E-state index in [2.05, 4.69) is 10.6 Å². The maximum Gasteiger partial charge on any atom is 0.408 e. The van der Waals surface area contributed by atoms with Gasteiger partial charge < -0.3 is 20.3 Å². The van der Waals surface area contributed by atoms with Gasteiger partial charge in [-0.05, 0) is 85.9 Å². The highest BCUT2D eigenvalue weighted by atomic mass is 35.5. The number of alkyl carbamates (subject to hydrolysis) is 1. The van der Waals surface area contributed by atoms with E-state index in [-0.39, 0.29) is 0 Å². The Morgan fingerprint density at radius 3 is 2.08 bits per heavy atom. The molecule has 0 saturated carbocycles. The van der Waals surface area contributed by atoms with Gasteiger partial charge in [-0.1, -0.05) is 60.0 Å². The number of carbonyl (C=O) groups excluding carboxylic acids is 3. The number of anilines is 1. The fourth-order valence-electron chi connectivity index (χ4n) is 4.27. The molecule has 0 radical (unpaired) electrons. The Morgan fingerprint density at radius 2 is 1.58 bits per heavy atom. The number of carbonyl (C=O) groups is 3. The average molecular weight is 544 g/mol. The number of aryl methyl sites for hydroxylation is 3. The zero-order valence-corrected chi connectivity index (χ0v) is 25.0. The van der Waals surface area contributed by atoms with Gasteiger partial charge in [0.25, 0.3) is 5.91 Å². The van der Waals surface area contributed by atoms with Gasteiger partial charge in [0.2, 0.25) is 5.91 Å². The minimum atomic E-state index is -0.991. The van der Waals surface area contributed by atoms with E-state index in [0.717, 1.165) is 16.7 Å². The van der Waals surface area contributed by atoms with Crippen LogP contribution < -0.4 is 10.6 Å². The van der Waals surface area contributed by atoms with Crippen LogP contribution in [-0.4, -0.2) is 40.0 Å². The maximum atomic E-state index is 14.1. The third-order valence-corrected chi connectivity index (χ3v) is 6.71. The molecule has 0 spiro atoms. The standard InChI is InChI=1S/C30H42ClN3O4/c1-11-30(9,10)34(27(36)21(5)32-28(37)38-29(6,7)8)25(22-16-18(2)15-19(3)17-22)26(35)33-24-20(4)13-12-14-23(24)31/h12-17,21,25H,11H2,1-10H3,(H,32,37)(H,33,35). The minimum absolute atomic E-state index is 0.398. The summed E-state index contributed by atoms with van der Waals surface area (Å²) in [6, 6.07) is 9.29. The van der Waals surface area contributed by atoms with Crippen molar-refractivity contribution in [3.8, 4) is 0 Å². The van der Waals surface area contributed by atoms with Crippen LogP contribution in [0.4, 0.5) is 10.5 Å².